The van der Waals surface area contributed by atoms with Crippen molar-refractivity contribution in [3.8, 4) is 0 Å². The predicted molar refractivity (Wildman–Crippen MR) is 64.4 cm³/mol. The van der Waals surface area contributed by atoms with Gasteiger partial charge >= 0.3 is 0 Å². The molecule has 3 rings (SSSR count). The summed E-state index contributed by atoms with van der Waals surface area (Å²) in [6.45, 7) is 6.38. The molecule has 1 fully saturated rings. The van der Waals surface area contributed by atoms with Crippen LogP contribution in [0.25, 0.3) is 5.65 Å². The van der Waals surface area contributed by atoms with Crippen molar-refractivity contribution in [1.29, 1.82) is 0 Å². The number of aryl methyl sites for hydroxylation is 1. The molecule has 2 aromatic heterocycles. The van der Waals surface area contributed by atoms with Crippen molar-refractivity contribution in [2.24, 2.45) is 0 Å². The number of hydrogen-bond donors (Lipinski definition) is 1. The molecule has 0 bridgehead atoms. The number of nitrogens with zero attached hydrogens (tertiary/aromatic N) is 5. The number of anilines is 1. The maximum Gasteiger partial charge on any atom is 0.178 e. The molecule has 17 heavy (non-hydrogen) atoms. The van der Waals surface area contributed by atoms with E-state index in [1.54, 1.807) is 9.42 Å². The van der Waals surface area contributed by atoms with Crippen LogP contribution in [-0.4, -0.2) is 53.0 Å². The van der Waals surface area contributed by atoms with Gasteiger partial charge in [-0.1, -0.05) is 0 Å². The molecule has 90 valence electrons. The van der Waals surface area contributed by atoms with Crippen molar-refractivity contribution >= 4 is 11.5 Å². The van der Waals surface area contributed by atoms with Gasteiger partial charge in [-0.2, -0.15) is 4.52 Å². The maximum atomic E-state index is 4.59. The van der Waals surface area contributed by atoms with Crippen molar-refractivity contribution < 1.29 is 4.90 Å². The van der Waals surface area contributed by atoms with Crippen LogP contribution in [0.15, 0.2) is 12.1 Å². The summed E-state index contributed by atoms with van der Waals surface area (Å²) in [5.41, 5.74) is 0.811. The van der Waals surface area contributed by atoms with Gasteiger partial charge in [-0.15, -0.1) is 15.3 Å². The molecule has 0 amide bonds. The van der Waals surface area contributed by atoms with Crippen LogP contribution in [0, 0.1) is 6.92 Å². The van der Waals surface area contributed by atoms with Crippen LogP contribution in [0.3, 0.4) is 0 Å². The molecule has 0 radical (unpaired) electrons. The summed E-state index contributed by atoms with van der Waals surface area (Å²) in [5.74, 6) is 1.86. The molecule has 0 unspecified atom stereocenters. The Morgan fingerprint density at radius 1 is 1.18 bits per heavy atom. The third-order valence-corrected chi connectivity index (χ3v) is 3.35. The topological polar surface area (TPSA) is 50.8 Å². The number of quaternary nitrogens is 1. The second-order valence-corrected chi connectivity index (χ2v) is 4.65. The number of aromatic nitrogens is 4. The lowest BCUT2D eigenvalue weighted by atomic mass is 10.3. The minimum absolute atomic E-state index is 0.811. The van der Waals surface area contributed by atoms with Crippen molar-refractivity contribution in [3.63, 3.8) is 0 Å². The first-order chi connectivity index (χ1) is 8.24. The largest absolute Gasteiger partial charge is 0.344 e. The number of hydrogen-bond acceptors (Lipinski definition) is 4. The van der Waals surface area contributed by atoms with E-state index in [0.717, 1.165) is 30.4 Å². The first-order valence-electron chi connectivity index (χ1n) is 5.99. The minimum Gasteiger partial charge on any atom is -0.344 e. The Bertz CT molecular complexity index is 526. The predicted octanol–water partition coefficient (Wildman–Crippen LogP) is -1.23. The van der Waals surface area contributed by atoms with Crippen LogP contribution in [0.4, 0.5) is 5.82 Å². The van der Waals surface area contributed by atoms with Gasteiger partial charge in [-0.25, -0.2) is 0 Å². The van der Waals surface area contributed by atoms with Gasteiger partial charge in [0.25, 0.3) is 0 Å². The van der Waals surface area contributed by atoms with E-state index in [1.807, 2.05) is 19.1 Å². The fourth-order valence-electron chi connectivity index (χ4n) is 2.17. The quantitative estimate of drug-likeness (QED) is 0.670. The smallest absolute Gasteiger partial charge is 0.178 e. The number of rotatable bonds is 1. The molecule has 1 aliphatic heterocycles. The van der Waals surface area contributed by atoms with Crippen LogP contribution < -0.4 is 9.80 Å². The summed E-state index contributed by atoms with van der Waals surface area (Å²) >= 11 is 0. The van der Waals surface area contributed by atoms with E-state index >= 15 is 0 Å². The molecule has 0 saturated carbocycles. The summed E-state index contributed by atoms with van der Waals surface area (Å²) < 4.78 is 1.81. The van der Waals surface area contributed by atoms with Gasteiger partial charge in [0.15, 0.2) is 11.5 Å². The lowest BCUT2D eigenvalue weighted by Crippen LogP contribution is -3.12. The highest BCUT2D eigenvalue weighted by Gasteiger charge is 2.18. The molecule has 6 heteroatoms. The van der Waals surface area contributed by atoms with E-state index in [9.17, 15) is 0 Å². The lowest BCUT2D eigenvalue weighted by molar-refractivity contribution is -0.880. The molecule has 0 atom stereocenters. The molecule has 1 aliphatic rings. The molecule has 2 aromatic rings. The third-order valence-electron chi connectivity index (χ3n) is 3.35. The second kappa shape index (κ2) is 3.96. The standard InChI is InChI=1S/C11H16N6/c1-9-12-13-10-3-4-11(14-17(9)10)16-7-5-15(2)6-8-16/h3-4H,5-8H2,1-2H3/p+1. The summed E-state index contributed by atoms with van der Waals surface area (Å²) in [4.78, 5) is 3.91. The van der Waals surface area contributed by atoms with Crippen molar-refractivity contribution in [3.05, 3.63) is 18.0 Å². The summed E-state index contributed by atoms with van der Waals surface area (Å²) in [7, 11) is 2.23. The zero-order valence-corrected chi connectivity index (χ0v) is 10.2. The summed E-state index contributed by atoms with van der Waals surface area (Å²) in [5, 5.41) is 12.7. The average molecular weight is 233 g/mol. The van der Waals surface area contributed by atoms with Gasteiger partial charge in [0.2, 0.25) is 0 Å². The van der Waals surface area contributed by atoms with Crippen LogP contribution >= 0.6 is 0 Å². The zero-order chi connectivity index (χ0) is 11.8. The average Bonchev–Trinajstić information content (AvgIpc) is 2.72. The highest BCUT2D eigenvalue weighted by molar-refractivity contribution is 5.45. The number of nitrogens with one attached hydrogen (secondary N) is 1. The highest BCUT2D eigenvalue weighted by atomic mass is 15.4. The molecular weight excluding hydrogens is 216 g/mol. The highest BCUT2D eigenvalue weighted by Crippen LogP contribution is 2.11. The fraction of sp³-hybridized carbons (Fsp3) is 0.545. The normalized spacial score (nSPS) is 17.9. The third kappa shape index (κ3) is 1.84. The Balaban J connectivity index is 1.92. The maximum absolute atomic E-state index is 4.59. The fourth-order valence-corrected chi connectivity index (χ4v) is 2.17. The lowest BCUT2D eigenvalue weighted by Gasteiger charge is -2.30. The second-order valence-electron chi connectivity index (χ2n) is 4.65. The molecule has 6 nitrogen and oxygen atoms in total. The minimum atomic E-state index is 0.811. The van der Waals surface area contributed by atoms with E-state index in [2.05, 4.69) is 27.2 Å². The Labute approximate surface area is 99.8 Å². The van der Waals surface area contributed by atoms with Crippen molar-refractivity contribution in [2.75, 3.05) is 38.1 Å². The van der Waals surface area contributed by atoms with E-state index in [0.29, 0.717) is 0 Å². The molecule has 1 N–H and O–H groups in total. The monoisotopic (exact) mass is 233 g/mol. The SMILES string of the molecule is Cc1nnc2ccc(N3CC[NH+](C)CC3)nn12. The van der Waals surface area contributed by atoms with Gasteiger partial charge in [-0.05, 0) is 19.1 Å². The Morgan fingerprint density at radius 3 is 2.71 bits per heavy atom. The first kappa shape index (κ1) is 10.5. The Morgan fingerprint density at radius 2 is 1.94 bits per heavy atom. The number of piperazine rings is 1. The Kier molecular flexibility index (Phi) is 2.44. The summed E-state index contributed by atoms with van der Waals surface area (Å²) in [6.07, 6.45) is 0. The van der Waals surface area contributed by atoms with Gasteiger partial charge < -0.3 is 9.80 Å². The molecule has 0 aromatic carbocycles. The van der Waals surface area contributed by atoms with E-state index < -0.39 is 0 Å². The molecular formula is C11H17N6+. The van der Waals surface area contributed by atoms with Crippen LogP contribution in [0.1, 0.15) is 5.82 Å². The van der Waals surface area contributed by atoms with Crippen molar-refractivity contribution in [2.45, 2.75) is 6.92 Å². The number of likely N-dealkylation sites (N-methyl/N-ethyl adjacent to an activating group) is 1. The van der Waals surface area contributed by atoms with Crippen LogP contribution in [-0.2, 0) is 0 Å². The number of fused-ring (bicyclic) bond motifs is 1. The van der Waals surface area contributed by atoms with Gasteiger partial charge in [0.05, 0.1) is 33.2 Å². The Hall–Kier alpha value is -1.69. The van der Waals surface area contributed by atoms with Gasteiger partial charge in [0.1, 0.15) is 5.82 Å². The molecule has 0 aliphatic carbocycles. The van der Waals surface area contributed by atoms with E-state index in [4.69, 9.17) is 0 Å². The van der Waals surface area contributed by atoms with Gasteiger partial charge in [0, 0.05) is 0 Å². The molecule has 0 spiro atoms. The first-order valence-corrected chi connectivity index (χ1v) is 5.99. The van der Waals surface area contributed by atoms with Gasteiger partial charge in [-0.3, -0.25) is 0 Å². The van der Waals surface area contributed by atoms with Crippen molar-refractivity contribution in [1.82, 2.24) is 19.8 Å². The summed E-state index contributed by atoms with van der Waals surface area (Å²) in [6, 6.07) is 4.01. The van der Waals surface area contributed by atoms with Crippen LogP contribution in [0.5, 0.6) is 0 Å². The molecule has 3 heterocycles. The zero-order valence-electron chi connectivity index (χ0n) is 10.2. The van der Waals surface area contributed by atoms with E-state index in [1.165, 1.54) is 13.1 Å². The van der Waals surface area contributed by atoms with E-state index in [-0.39, 0.29) is 0 Å². The molecule has 1 saturated heterocycles. The van der Waals surface area contributed by atoms with Crippen LogP contribution in [0.2, 0.25) is 0 Å².